The van der Waals surface area contributed by atoms with E-state index in [-0.39, 0.29) is 31.0 Å². The number of aromatic nitrogens is 1. The minimum Gasteiger partial charge on any atom is -0.495 e. The lowest BCUT2D eigenvalue weighted by Crippen LogP contribution is -2.56. The van der Waals surface area contributed by atoms with Crippen LogP contribution in [0.2, 0.25) is 0 Å². The lowest BCUT2D eigenvalue weighted by Gasteiger charge is -2.25. The molecule has 5 rings (SSSR count). The van der Waals surface area contributed by atoms with Crippen LogP contribution >= 0.6 is 15.9 Å². The predicted octanol–water partition coefficient (Wildman–Crippen LogP) is 2.64. The minimum absolute atomic E-state index is 0.0171. The lowest BCUT2D eigenvalue weighted by molar-refractivity contribution is -0.131. The summed E-state index contributed by atoms with van der Waals surface area (Å²) in [5.41, 5.74) is -1.03. The summed E-state index contributed by atoms with van der Waals surface area (Å²) in [6.45, 7) is 7.48. The normalized spacial score (nSPS) is 25.0. The summed E-state index contributed by atoms with van der Waals surface area (Å²) in [5.74, 6) is -1.06. The number of sulfonamides is 2. The van der Waals surface area contributed by atoms with Crippen molar-refractivity contribution in [1.29, 1.82) is 0 Å². The number of ether oxygens (including phenoxy) is 3. The van der Waals surface area contributed by atoms with Crippen molar-refractivity contribution in [3.63, 3.8) is 0 Å². The summed E-state index contributed by atoms with van der Waals surface area (Å²) in [5, 5.41) is 2.68. The van der Waals surface area contributed by atoms with Crippen LogP contribution in [0, 0.1) is 5.92 Å². The maximum Gasteiger partial charge on any atom is 0.259 e. The Kier molecular flexibility index (Phi) is 9.42. The Hall–Kier alpha value is -2.95. The predicted molar refractivity (Wildman–Crippen MR) is 170 cm³/mol. The number of nitrogens with one attached hydrogen (secondary N) is 2. The van der Waals surface area contributed by atoms with Crippen LogP contribution in [0.1, 0.15) is 46.0 Å². The summed E-state index contributed by atoms with van der Waals surface area (Å²) in [7, 11) is -6.24. The van der Waals surface area contributed by atoms with Crippen molar-refractivity contribution in [2.45, 2.75) is 68.9 Å². The zero-order valence-corrected chi connectivity index (χ0v) is 28.5. The van der Waals surface area contributed by atoms with Crippen LogP contribution in [0.15, 0.2) is 35.3 Å². The summed E-state index contributed by atoms with van der Waals surface area (Å²) >= 11 is 3.52. The van der Waals surface area contributed by atoms with Crippen molar-refractivity contribution in [1.82, 2.24) is 19.3 Å². The van der Waals surface area contributed by atoms with Gasteiger partial charge in [0.2, 0.25) is 31.8 Å². The van der Waals surface area contributed by atoms with Gasteiger partial charge in [0.1, 0.15) is 29.2 Å². The third-order valence-corrected chi connectivity index (χ3v) is 12.8. The summed E-state index contributed by atoms with van der Waals surface area (Å²) in [4.78, 5) is 31.6. The molecule has 3 aliphatic rings. The quantitative estimate of drug-likeness (QED) is 0.276. The number of methoxy groups -OCH3 is 1. The molecule has 0 unspecified atom stereocenters. The van der Waals surface area contributed by atoms with Gasteiger partial charge in [-0.05, 0) is 60.7 Å². The van der Waals surface area contributed by atoms with E-state index in [0.29, 0.717) is 52.7 Å². The Balaban J connectivity index is 1.43. The van der Waals surface area contributed by atoms with Crippen LogP contribution < -0.4 is 24.2 Å². The average molecular weight is 730 g/mol. The molecule has 1 aliphatic heterocycles. The second-order valence-corrected chi connectivity index (χ2v) is 16.2. The molecular weight excluding hydrogens is 692 g/mol. The van der Waals surface area contributed by atoms with Gasteiger partial charge in [-0.2, -0.15) is 4.31 Å². The number of nitrogens with zero attached hydrogens (tertiary/aromatic N) is 2. The fraction of sp³-hybridized carbons (Fsp3) is 0.552. The molecule has 0 radical (unpaired) electrons. The third kappa shape index (κ3) is 6.65. The van der Waals surface area contributed by atoms with Crippen LogP contribution in [-0.4, -0.2) is 86.9 Å². The van der Waals surface area contributed by atoms with Crippen LogP contribution in [0.4, 0.5) is 0 Å². The fourth-order valence-electron chi connectivity index (χ4n) is 5.64. The zero-order chi connectivity index (χ0) is 32.7. The highest BCUT2D eigenvalue weighted by Gasteiger charge is 2.62. The van der Waals surface area contributed by atoms with Gasteiger partial charge in [0.25, 0.3) is 5.91 Å². The molecule has 45 heavy (non-hydrogen) atoms. The highest BCUT2D eigenvalue weighted by molar-refractivity contribution is 9.10. The molecule has 0 bridgehead atoms. The number of rotatable bonds is 14. The molecule has 1 aromatic heterocycles. The standard InChI is InChI=1S/C29H37BrN4O9S2/c1-5-12-44(37,38)34-16-18(43-23-14-24(42-7-3)31-26-20(23)10-11-22(41-4)25(26)30)13-21(34)27(35)32-29(15-17(29)6-2)28(36)33-45(39,40)19-8-9-19/h6,10-11,14,17-19,21H,2,5,7-9,12-13,15-16H2,1,3-4H3,(H,32,35)(H,33,36)/t17-,18-,21-,29-/m1/s1. The largest absolute Gasteiger partial charge is 0.495 e. The number of hydrogen-bond acceptors (Lipinski definition) is 10. The van der Waals surface area contributed by atoms with E-state index in [1.165, 1.54) is 13.2 Å². The van der Waals surface area contributed by atoms with Gasteiger partial charge in [-0.15, -0.1) is 6.58 Å². The molecule has 2 aliphatic carbocycles. The molecule has 2 saturated carbocycles. The smallest absolute Gasteiger partial charge is 0.259 e. The highest BCUT2D eigenvalue weighted by atomic mass is 79.9. The van der Waals surface area contributed by atoms with Crippen molar-refractivity contribution < 1.29 is 40.6 Å². The molecule has 1 saturated heterocycles. The van der Waals surface area contributed by atoms with Gasteiger partial charge >= 0.3 is 0 Å². The molecular formula is C29H37BrN4O9S2. The first-order valence-electron chi connectivity index (χ1n) is 14.8. The molecule has 2 heterocycles. The first-order chi connectivity index (χ1) is 21.3. The van der Waals surface area contributed by atoms with Crippen molar-refractivity contribution in [3.8, 4) is 17.4 Å². The molecule has 2 aromatic rings. The fourth-order valence-corrected chi connectivity index (χ4v) is 9.31. The molecule has 4 atom stereocenters. The average Bonchev–Trinajstić information content (AvgIpc) is 3.90. The first kappa shape index (κ1) is 33.4. The Morgan fingerprint density at radius 2 is 1.93 bits per heavy atom. The number of hydrogen-bond donors (Lipinski definition) is 2. The number of pyridine rings is 1. The van der Waals surface area contributed by atoms with Gasteiger partial charge in [-0.1, -0.05) is 13.0 Å². The number of carbonyl (C=O) groups is 2. The van der Waals surface area contributed by atoms with E-state index in [4.69, 9.17) is 14.2 Å². The topological polar surface area (TPSA) is 170 Å². The third-order valence-electron chi connectivity index (χ3n) is 8.22. The number of amides is 2. The monoisotopic (exact) mass is 728 g/mol. The van der Waals surface area contributed by atoms with Gasteiger partial charge in [0.15, 0.2) is 0 Å². The van der Waals surface area contributed by atoms with E-state index < -0.39 is 60.7 Å². The van der Waals surface area contributed by atoms with E-state index in [9.17, 15) is 26.4 Å². The highest BCUT2D eigenvalue weighted by Crippen LogP contribution is 2.46. The number of carbonyl (C=O) groups excluding carboxylic acids is 2. The first-order valence-corrected chi connectivity index (χ1v) is 18.7. The van der Waals surface area contributed by atoms with E-state index in [1.54, 1.807) is 25.1 Å². The molecule has 2 amide bonds. The summed E-state index contributed by atoms with van der Waals surface area (Å²) in [6.07, 6.45) is 2.11. The van der Waals surface area contributed by atoms with E-state index in [1.807, 2.05) is 6.92 Å². The van der Waals surface area contributed by atoms with Crippen molar-refractivity contribution in [2.75, 3.05) is 26.0 Å². The molecule has 16 heteroatoms. The molecule has 1 aromatic carbocycles. The Labute approximate surface area is 271 Å². The Morgan fingerprint density at radius 3 is 2.53 bits per heavy atom. The van der Waals surface area contributed by atoms with Crippen molar-refractivity contribution in [2.24, 2.45) is 5.92 Å². The maximum absolute atomic E-state index is 13.8. The van der Waals surface area contributed by atoms with Crippen molar-refractivity contribution in [3.05, 3.63) is 35.3 Å². The number of halogens is 1. The molecule has 2 N–H and O–H groups in total. The lowest BCUT2D eigenvalue weighted by atomic mass is 10.1. The van der Waals surface area contributed by atoms with E-state index >= 15 is 0 Å². The van der Waals surface area contributed by atoms with Gasteiger partial charge in [-0.25, -0.2) is 21.8 Å². The molecule has 246 valence electrons. The van der Waals surface area contributed by atoms with Gasteiger partial charge in [0, 0.05) is 23.8 Å². The Bertz CT molecular complexity index is 1730. The second kappa shape index (κ2) is 12.7. The van der Waals surface area contributed by atoms with Gasteiger partial charge in [0.05, 0.1) is 41.3 Å². The molecule has 3 fully saturated rings. The number of fused-ring (bicyclic) bond motifs is 1. The van der Waals surface area contributed by atoms with Crippen LogP contribution in [0.5, 0.6) is 17.4 Å². The van der Waals surface area contributed by atoms with Gasteiger partial charge < -0.3 is 19.5 Å². The second-order valence-electron chi connectivity index (χ2n) is 11.4. The zero-order valence-electron chi connectivity index (χ0n) is 25.2. The molecule has 13 nitrogen and oxygen atoms in total. The number of benzene rings is 1. The van der Waals surface area contributed by atoms with E-state index in [2.05, 4.69) is 37.5 Å². The van der Waals surface area contributed by atoms with Gasteiger partial charge in [-0.3, -0.25) is 14.3 Å². The van der Waals surface area contributed by atoms with Crippen LogP contribution in [0.25, 0.3) is 10.9 Å². The minimum atomic E-state index is -3.90. The summed E-state index contributed by atoms with van der Waals surface area (Å²) in [6, 6.07) is 3.92. The summed E-state index contributed by atoms with van der Waals surface area (Å²) < 4.78 is 73.0. The van der Waals surface area contributed by atoms with Crippen LogP contribution in [-0.2, 0) is 29.6 Å². The van der Waals surface area contributed by atoms with Crippen LogP contribution in [0.3, 0.4) is 0 Å². The Morgan fingerprint density at radius 1 is 1.20 bits per heavy atom. The SMILES string of the molecule is C=C[C@@H]1C[C@]1(NC(=O)[C@H]1C[C@@H](Oc2cc(OCC)nc3c(Br)c(OC)ccc23)CN1S(=O)(=O)CCC)C(=O)NS(=O)(=O)C1CC1. The van der Waals surface area contributed by atoms with E-state index in [0.717, 1.165) is 4.31 Å². The van der Waals surface area contributed by atoms with Crippen molar-refractivity contribution >= 4 is 58.7 Å². The molecule has 0 spiro atoms. The maximum atomic E-state index is 13.8.